The first-order chi connectivity index (χ1) is 8.84. The number of hydrogen-bond acceptors (Lipinski definition) is 5. The van der Waals surface area contributed by atoms with E-state index in [1.165, 1.54) is 18.2 Å². The summed E-state index contributed by atoms with van der Waals surface area (Å²) < 4.78 is 22.2. The molecular weight excluding hydrogens is 311 g/mol. The predicted octanol–water partition coefficient (Wildman–Crippen LogP) is 2.17. The van der Waals surface area contributed by atoms with Crippen LogP contribution >= 0.6 is 23.2 Å². The first-order valence-electron chi connectivity index (χ1n) is 4.94. The van der Waals surface area contributed by atoms with Crippen molar-refractivity contribution in [2.45, 2.75) is 4.90 Å². The van der Waals surface area contributed by atoms with Crippen LogP contribution in [0, 0.1) is 0 Å². The third-order valence-corrected chi connectivity index (χ3v) is 3.41. The van der Waals surface area contributed by atoms with Gasteiger partial charge < -0.3 is 5.32 Å². The summed E-state index contributed by atoms with van der Waals surface area (Å²) in [6, 6.07) is 7.33. The smallest absolute Gasteiger partial charge is 0.238 e. The number of rotatable bonds is 3. The molecule has 0 bridgehead atoms. The SMILES string of the molecule is NS(=O)(=O)c1ccc(Nc2cc(Cl)nc(Cl)n2)cc1. The van der Waals surface area contributed by atoms with Gasteiger partial charge in [0.2, 0.25) is 15.3 Å². The predicted molar refractivity (Wildman–Crippen MR) is 73.1 cm³/mol. The van der Waals surface area contributed by atoms with Crippen molar-refractivity contribution in [1.82, 2.24) is 9.97 Å². The van der Waals surface area contributed by atoms with Crippen LogP contribution in [0.25, 0.3) is 0 Å². The molecule has 0 fully saturated rings. The summed E-state index contributed by atoms with van der Waals surface area (Å²) in [6.07, 6.45) is 0. The van der Waals surface area contributed by atoms with E-state index >= 15 is 0 Å². The summed E-state index contributed by atoms with van der Waals surface area (Å²) in [7, 11) is -3.70. The second-order valence-corrected chi connectivity index (χ2v) is 5.83. The molecular formula is C10H8Cl2N4O2S. The second kappa shape index (κ2) is 5.30. The van der Waals surface area contributed by atoms with E-state index < -0.39 is 10.0 Å². The fourth-order valence-corrected chi connectivity index (χ4v) is 2.25. The van der Waals surface area contributed by atoms with Crippen molar-refractivity contribution in [3.63, 3.8) is 0 Å². The third kappa shape index (κ3) is 3.77. The Bertz CT molecular complexity index is 684. The number of nitrogens with one attached hydrogen (secondary N) is 1. The minimum atomic E-state index is -3.70. The van der Waals surface area contributed by atoms with Gasteiger partial charge in [-0.2, -0.15) is 0 Å². The van der Waals surface area contributed by atoms with Gasteiger partial charge in [-0.15, -0.1) is 0 Å². The first-order valence-corrected chi connectivity index (χ1v) is 7.25. The Kier molecular flexibility index (Phi) is 3.91. The van der Waals surface area contributed by atoms with Gasteiger partial charge in [0.25, 0.3) is 0 Å². The van der Waals surface area contributed by atoms with Crippen molar-refractivity contribution in [2.24, 2.45) is 5.14 Å². The summed E-state index contributed by atoms with van der Waals surface area (Å²) >= 11 is 11.4. The molecule has 1 heterocycles. The lowest BCUT2D eigenvalue weighted by atomic mass is 10.3. The quantitative estimate of drug-likeness (QED) is 0.667. The Morgan fingerprint density at radius 1 is 1.11 bits per heavy atom. The number of anilines is 2. The Morgan fingerprint density at radius 3 is 2.26 bits per heavy atom. The second-order valence-electron chi connectivity index (χ2n) is 3.54. The maximum atomic E-state index is 11.1. The van der Waals surface area contributed by atoms with Gasteiger partial charge in [-0.25, -0.2) is 23.5 Å². The number of sulfonamides is 1. The fourth-order valence-electron chi connectivity index (χ4n) is 1.33. The summed E-state index contributed by atoms with van der Waals surface area (Å²) in [4.78, 5) is 7.65. The average molecular weight is 319 g/mol. The molecule has 0 radical (unpaired) electrons. The number of aromatic nitrogens is 2. The Labute approximate surface area is 119 Å². The van der Waals surface area contributed by atoms with Gasteiger partial charge in [-0.1, -0.05) is 11.6 Å². The zero-order valence-corrected chi connectivity index (χ0v) is 11.7. The monoisotopic (exact) mass is 318 g/mol. The van der Waals surface area contributed by atoms with Crippen molar-refractivity contribution in [2.75, 3.05) is 5.32 Å². The lowest BCUT2D eigenvalue weighted by Crippen LogP contribution is -2.11. The van der Waals surface area contributed by atoms with Crippen molar-refractivity contribution in [1.29, 1.82) is 0 Å². The summed E-state index contributed by atoms with van der Waals surface area (Å²) in [5.74, 6) is 0.397. The molecule has 1 aromatic carbocycles. The molecule has 1 aromatic heterocycles. The molecule has 0 saturated heterocycles. The van der Waals surface area contributed by atoms with Gasteiger partial charge in [0.05, 0.1) is 4.90 Å². The zero-order chi connectivity index (χ0) is 14.0. The minimum Gasteiger partial charge on any atom is -0.340 e. The standard InChI is InChI=1S/C10H8Cl2N4O2S/c11-8-5-9(16-10(12)15-8)14-6-1-3-7(4-2-6)19(13,17)18/h1-5H,(H2,13,17,18)(H,14,15,16). The fraction of sp³-hybridized carbons (Fsp3) is 0. The molecule has 0 unspecified atom stereocenters. The van der Waals surface area contributed by atoms with Crippen LogP contribution in [-0.4, -0.2) is 18.4 Å². The molecule has 100 valence electrons. The molecule has 0 aliphatic rings. The molecule has 0 aliphatic carbocycles. The normalized spacial score (nSPS) is 11.3. The van der Waals surface area contributed by atoms with E-state index in [-0.39, 0.29) is 15.3 Å². The van der Waals surface area contributed by atoms with E-state index in [1.807, 2.05) is 0 Å². The highest BCUT2D eigenvalue weighted by molar-refractivity contribution is 7.89. The van der Waals surface area contributed by atoms with Crippen LogP contribution in [0.3, 0.4) is 0 Å². The molecule has 2 rings (SSSR count). The number of primary sulfonamides is 1. The van der Waals surface area contributed by atoms with Crippen molar-refractivity contribution >= 4 is 44.7 Å². The third-order valence-electron chi connectivity index (χ3n) is 2.12. The Balaban J connectivity index is 2.24. The topological polar surface area (TPSA) is 98.0 Å². The van der Waals surface area contributed by atoms with Crippen LogP contribution in [-0.2, 0) is 10.0 Å². The minimum absolute atomic E-state index is 0.0103. The molecule has 0 atom stereocenters. The van der Waals surface area contributed by atoms with Gasteiger partial charge >= 0.3 is 0 Å². The number of hydrogen-bond donors (Lipinski definition) is 2. The summed E-state index contributed by atoms with van der Waals surface area (Å²) in [5, 5.41) is 8.11. The molecule has 0 amide bonds. The number of halogens is 2. The van der Waals surface area contributed by atoms with Crippen LogP contribution in [0.5, 0.6) is 0 Å². The highest BCUT2D eigenvalue weighted by Crippen LogP contribution is 2.20. The molecule has 6 nitrogen and oxygen atoms in total. The Morgan fingerprint density at radius 2 is 1.74 bits per heavy atom. The number of benzene rings is 1. The highest BCUT2D eigenvalue weighted by Gasteiger charge is 2.07. The van der Waals surface area contributed by atoms with Crippen molar-refractivity contribution in [3.8, 4) is 0 Å². The van der Waals surface area contributed by atoms with E-state index in [4.69, 9.17) is 28.3 Å². The van der Waals surface area contributed by atoms with Crippen LogP contribution < -0.4 is 10.5 Å². The van der Waals surface area contributed by atoms with Crippen LogP contribution in [0.1, 0.15) is 0 Å². The molecule has 0 saturated carbocycles. The molecule has 0 aliphatic heterocycles. The lowest BCUT2D eigenvalue weighted by Gasteiger charge is -2.06. The Hall–Kier alpha value is -1.41. The van der Waals surface area contributed by atoms with E-state index in [9.17, 15) is 8.42 Å². The number of nitrogens with two attached hydrogens (primary N) is 1. The molecule has 9 heteroatoms. The van der Waals surface area contributed by atoms with Crippen molar-refractivity contribution < 1.29 is 8.42 Å². The molecule has 0 spiro atoms. The van der Waals surface area contributed by atoms with Gasteiger partial charge in [0.15, 0.2) is 0 Å². The van der Waals surface area contributed by atoms with Crippen LogP contribution in [0.4, 0.5) is 11.5 Å². The maximum absolute atomic E-state index is 11.1. The van der Waals surface area contributed by atoms with E-state index in [0.717, 1.165) is 0 Å². The average Bonchev–Trinajstić information content (AvgIpc) is 2.26. The van der Waals surface area contributed by atoms with E-state index in [0.29, 0.717) is 11.5 Å². The van der Waals surface area contributed by atoms with E-state index in [1.54, 1.807) is 12.1 Å². The molecule has 2 aromatic rings. The molecule has 19 heavy (non-hydrogen) atoms. The van der Waals surface area contributed by atoms with Gasteiger partial charge in [-0.05, 0) is 35.9 Å². The molecule has 3 N–H and O–H groups in total. The summed E-state index contributed by atoms with van der Waals surface area (Å²) in [5.41, 5.74) is 0.609. The number of nitrogens with zero attached hydrogens (tertiary/aromatic N) is 2. The first kappa shape index (κ1) is 14.0. The van der Waals surface area contributed by atoms with E-state index in [2.05, 4.69) is 15.3 Å². The van der Waals surface area contributed by atoms with Gasteiger partial charge in [-0.3, -0.25) is 0 Å². The van der Waals surface area contributed by atoms with Crippen molar-refractivity contribution in [3.05, 3.63) is 40.8 Å². The largest absolute Gasteiger partial charge is 0.340 e. The zero-order valence-electron chi connectivity index (χ0n) is 9.34. The van der Waals surface area contributed by atoms with Crippen LogP contribution in [0.2, 0.25) is 10.4 Å². The summed E-state index contributed by atoms with van der Waals surface area (Å²) in [6.45, 7) is 0. The van der Waals surface area contributed by atoms with Gasteiger partial charge in [0, 0.05) is 11.8 Å². The highest BCUT2D eigenvalue weighted by atomic mass is 35.5. The van der Waals surface area contributed by atoms with Crippen LogP contribution in [0.15, 0.2) is 35.2 Å². The lowest BCUT2D eigenvalue weighted by molar-refractivity contribution is 0.598. The maximum Gasteiger partial charge on any atom is 0.238 e. The van der Waals surface area contributed by atoms with Gasteiger partial charge in [0.1, 0.15) is 11.0 Å².